The maximum Gasteiger partial charge on any atom is 0.336 e. The van der Waals surface area contributed by atoms with Crippen molar-refractivity contribution in [3.63, 3.8) is 0 Å². The molecule has 0 radical (unpaired) electrons. The number of hydrogen-bond acceptors (Lipinski definition) is 6. The Hall–Kier alpha value is -2.83. The predicted octanol–water partition coefficient (Wildman–Crippen LogP) is 3.42. The van der Waals surface area contributed by atoms with Gasteiger partial charge in [0, 0.05) is 24.1 Å². The van der Waals surface area contributed by atoms with Crippen molar-refractivity contribution < 1.29 is 19.0 Å². The number of β-amino-alcohol motifs (C(OH)–C–C–N with tert-alkyl or cyclic N) is 1. The van der Waals surface area contributed by atoms with Gasteiger partial charge in [0.1, 0.15) is 18.3 Å². The molecule has 2 aromatic carbocycles. The minimum Gasteiger partial charge on any atom is -0.493 e. The Morgan fingerprint density at radius 3 is 2.60 bits per heavy atom. The predicted molar refractivity (Wildman–Crippen MR) is 115 cm³/mol. The van der Waals surface area contributed by atoms with Gasteiger partial charge < -0.3 is 23.9 Å². The Morgan fingerprint density at radius 1 is 1.10 bits per heavy atom. The largest absolute Gasteiger partial charge is 0.493 e. The van der Waals surface area contributed by atoms with Crippen molar-refractivity contribution in [2.24, 2.45) is 0 Å². The third-order valence-corrected chi connectivity index (χ3v) is 5.66. The van der Waals surface area contributed by atoms with Crippen molar-refractivity contribution >= 4 is 11.0 Å². The van der Waals surface area contributed by atoms with E-state index in [4.69, 9.17) is 13.9 Å². The second kappa shape index (κ2) is 9.32. The molecule has 1 aliphatic heterocycles. The van der Waals surface area contributed by atoms with Crippen LogP contribution >= 0.6 is 0 Å². The highest BCUT2D eigenvalue weighted by Gasteiger charge is 2.22. The van der Waals surface area contributed by atoms with Crippen LogP contribution in [0.5, 0.6) is 11.5 Å². The third-order valence-electron chi connectivity index (χ3n) is 5.66. The lowest BCUT2D eigenvalue weighted by Gasteiger charge is -2.33. The molecular weight excluding hydrogens is 382 g/mol. The summed E-state index contributed by atoms with van der Waals surface area (Å²) in [5, 5.41) is 11.2. The summed E-state index contributed by atoms with van der Waals surface area (Å²) in [5.41, 5.74) is 1.41. The molecule has 6 heteroatoms. The van der Waals surface area contributed by atoms with Crippen LogP contribution in [0.25, 0.3) is 11.0 Å². The standard InChI is InChI=1S/C24H27NO5/c1-28-22-13-19-7-8-24(27)30-21(19)14-23(22)29-16-20(26)15-25-11-9-18(10-12-25)17-5-3-2-4-6-17/h2-8,13-14,18,20,26H,9-12,15-16H2,1H3. The lowest BCUT2D eigenvalue weighted by molar-refractivity contribution is 0.0586. The molecule has 4 rings (SSSR count). The van der Waals surface area contributed by atoms with Crippen LogP contribution in [0.2, 0.25) is 0 Å². The van der Waals surface area contributed by atoms with E-state index in [1.165, 1.54) is 11.6 Å². The number of methoxy groups -OCH3 is 1. The molecule has 0 saturated carbocycles. The maximum atomic E-state index is 11.5. The van der Waals surface area contributed by atoms with Gasteiger partial charge in [-0.1, -0.05) is 30.3 Å². The van der Waals surface area contributed by atoms with E-state index in [1.807, 2.05) is 6.07 Å². The molecule has 0 spiro atoms. The summed E-state index contributed by atoms with van der Waals surface area (Å²) in [4.78, 5) is 13.7. The quantitative estimate of drug-likeness (QED) is 0.603. The monoisotopic (exact) mass is 409 g/mol. The Labute approximate surface area is 175 Å². The number of benzene rings is 2. The molecule has 1 fully saturated rings. The number of likely N-dealkylation sites (tertiary alicyclic amines) is 1. The molecule has 158 valence electrons. The van der Waals surface area contributed by atoms with E-state index in [9.17, 15) is 9.90 Å². The maximum absolute atomic E-state index is 11.5. The summed E-state index contributed by atoms with van der Waals surface area (Å²) >= 11 is 0. The summed E-state index contributed by atoms with van der Waals surface area (Å²) < 4.78 is 16.4. The van der Waals surface area contributed by atoms with E-state index in [0.717, 1.165) is 31.3 Å². The molecule has 3 aromatic rings. The summed E-state index contributed by atoms with van der Waals surface area (Å²) in [5.74, 6) is 1.57. The van der Waals surface area contributed by atoms with Crippen molar-refractivity contribution in [3.8, 4) is 11.5 Å². The van der Waals surface area contributed by atoms with E-state index >= 15 is 0 Å². The summed E-state index contributed by atoms with van der Waals surface area (Å²) in [7, 11) is 1.56. The highest BCUT2D eigenvalue weighted by atomic mass is 16.5. The van der Waals surface area contributed by atoms with Crippen LogP contribution in [0.3, 0.4) is 0 Å². The fraction of sp³-hybridized carbons (Fsp3) is 0.375. The van der Waals surface area contributed by atoms with Gasteiger partial charge in [-0.05, 0) is 49.5 Å². The van der Waals surface area contributed by atoms with Crippen LogP contribution in [0, 0.1) is 0 Å². The normalized spacial score (nSPS) is 16.5. The number of rotatable bonds is 7. The summed E-state index contributed by atoms with van der Waals surface area (Å²) in [6.07, 6.45) is 1.56. The lowest BCUT2D eigenvalue weighted by Crippen LogP contribution is -2.40. The van der Waals surface area contributed by atoms with E-state index in [1.54, 1.807) is 25.3 Å². The molecule has 6 nitrogen and oxygen atoms in total. The Morgan fingerprint density at radius 2 is 1.87 bits per heavy atom. The molecule has 1 saturated heterocycles. The van der Waals surface area contributed by atoms with E-state index < -0.39 is 11.7 Å². The second-order valence-electron chi connectivity index (χ2n) is 7.75. The van der Waals surface area contributed by atoms with Crippen LogP contribution < -0.4 is 15.1 Å². The van der Waals surface area contributed by atoms with Crippen LogP contribution in [0.4, 0.5) is 0 Å². The number of fused-ring (bicyclic) bond motifs is 1. The van der Waals surface area contributed by atoms with Crippen molar-refractivity contribution in [1.29, 1.82) is 0 Å². The van der Waals surface area contributed by atoms with E-state index in [0.29, 0.717) is 29.5 Å². The van der Waals surface area contributed by atoms with Crippen LogP contribution in [0.15, 0.2) is 63.8 Å². The average molecular weight is 409 g/mol. The highest BCUT2D eigenvalue weighted by molar-refractivity contribution is 5.80. The zero-order valence-electron chi connectivity index (χ0n) is 17.1. The van der Waals surface area contributed by atoms with E-state index in [2.05, 4.69) is 29.2 Å². The van der Waals surface area contributed by atoms with Gasteiger partial charge in [-0.25, -0.2) is 4.79 Å². The lowest BCUT2D eigenvalue weighted by atomic mass is 9.89. The van der Waals surface area contributed by atoms with Crippen molar-refractivity contribution in [2.45, 2.75) is 24.9 Å². The Kier molecular flexibility index (Phi) is 6.35. The zero-order valence-corrected chi connectivity index (χ0v) is 17.1. The van der Waals surface area contributed by atoms with Crippen LogP contribution in [0.1, 0.15) is 24.3 Å². The minimum atomic E-state index is -0.624. The smallest absolute Gasteiger partial charge is 0.336 e. The van der Waals surface area contributed by atoms with Crippen molar-refractivity contribution in [2.75, 3.05) is 33.4 Å². The fourth-order valence-electron chi connectivity index (χ4n) is 4.06. The molecular formula is C24H27NO5. The summed E-state index contributed by atoms with van der Waals surface area (Å²) in [6.45, 7) is 2.62. The van der Waals surface area contributed by atoms with Gasteiger partial charge in [-0.3, -0.25) is 0 Å². The number of hydrogen-bond donors (Lipinski definition) is 1. The van der Waals surface area contributed by atoms with Crippen molar-refractivity contribution in [1.82, 2.24) is 4.90 Å². The first-order chi connectivity index (χ1) is 14.6. The first kappa shape index (κ1) is 20.4. The van der Waals surface area contributed by atoms with Gasteiger partial charge >= 0.3 is 5.63 Å². The molecule has 1 atom stereocenters. The Bertz CT molecular complexity index is 1020. The molecule has 30 heavy (non-hydrogen) atoms. The Balaban J connectivity index is 1.32. The topological polar surface area (TPSA) is 72.1 Å². The molecule has 1 unspecified atom stereocenters. The van der Waals surface area contributed by atoms with Gasteiger partial charge in [0.15, 0.2) is 11.5 Å². The van der Waals surface area contributed by atoms with E-state index in [-0.39, 0.29) is 6.61 Å². The highest BCUT2D eigenvalue weighted by Crippen LogP contribution is 2.32. The van der Waals surface area contributed by atoms with Gasteiger partial charge in [-0.15, -0.1) is 0 Å². The van der Waals surface area contributed by atoms with Crippen LogP contribution in [-0.4, -0.2) is 49.5 Å². The first-order valence-electron chi connectivity index (χ1n) is 10.3. The van der Waals surface area contributed by atoms with Crippen molar-refractivity contribution in [3.05, 3.63) is 70.6 Å². The number of piperidine rings is 1. The molecule has 2 heterocycles. The fourth-order valence-corrected chi connectivity index (χ4v) is 4.06. The summed E-state index contributed by atoms with van der Waals surface area (Å²) in [6, 6.07) is 17.1. The average Bonchev–Trinajstić information content (AvgIpc) is 2.78. The first-order valence-corrected chi connectivity index (χ1v) is 10.3. The number of nitrogens with zero attached hydrogens (tertiary/aromatic N) is 1. The van der Waals surface area contributed by atoms with Gasteiger partial charge in [0.05, 0.1) is 7.11 Å². The van der Waals surface area contributed by atoms with Crippen LogP contribution in [-0.2, 0) is 0 Å². The van der Waals surface area contributed by atoms with Gasteiger partial charge in [-0.2, -0.15) is 0 Å². The molecule has 0 aliphatic carbocycles. The minimum absolute atomic E-state index is 0.136. The SMILES string of the molecule is COc1cc2ccc(=O)oc2cc1OCC(O)CN1CCC(c2ccccc2)CC1. The zero-order chi connectivity index (χ0) is 20.9. The number of ether oxygens (including phenoxy) is 2. The number of aliphatic hydroxyl groups is 1. The molecule has 1 aliphatic rings. The van der Waals surface area contributed by atoms with Gasteiger partial charge in [0.25, 0.3) is 0 Å². The third kappa shape index (κ3) is 4.83. The second-order valence-corrected chi connectivity index (χ2v) is 7.75. The molecule has 1 N–H and O–H groups in total. The molecule has 0 bridgehead atoms. The molecule has 0 amide bonds. The van der Waals surface area contributed by atoms with Gasteiger partial charge in [0.2, 0.25) is 0 Å². The molecule has 1 aromatic heterocycles. The number of aliphatic hydroxyl groups excluding tert-OH is 1.